The molecule has 0 N–H and O–H groups in total. The first kappa shape index (κ1) is 21.2. The van der Waals surface area contributed by atoms with Crippen molar-refractivity contribution in [2.24, 2.45) is 0 Å². The molecule has 0 radical (unpaired) electrons. The van der Waals surface area contributed by atoms with E-state index >= 15 is 0 Å². The van der Waals surface area contributed by atoms with Gasteiger partial charge in [0.15, 0.2) is 0 Å². The predicted molar refractivity (Wildman–Crippen MR) is 91.7 cm³/mol. The van der Waals surface area contributed by atoms with E-state index in [0.717, 1.165) is 18.9 Å². The van der Waals surface area contributed by atoms with Gasteiger partial charge in [-0.2, -0.15) is 21.6 Å². The normalized spacial score (nSPS) is 17.6. The highest BCUT2D eigenvalue weighted by Gasteiger charge is 2.49. The Morgan fingerprint density at radius 1 is 1.22 bits per heavy atom. The Morgan fingerprint density at radius 3 is 2.33 bits per heavy atom. The van der Waals surface area contributed by atoms with Crippen molar-refractivity contribution < 1.29 is 35.3 Å². The number of alkyl halides is 3. The fourth-order valence-electron chi connectivity index (χ4n) is 2.65. The SMILES string of the molecule is CCOC(=O)C(/C=C(\OS(=O)(=O)C(F)(F)F)c1ccccc1)N1CCCC1. The Kier molecular flexibility index (Phi) is 6.88. The lowest BCUT2D eigenvalue weighted by atomic mass is 10.1. The van der Waals surface area contributed by atoms with E-state index in [1.165, 1.54) is 24.3 Å². The molecule has 0 aliphatic carbocycles. The molecular formula is C17H20F3NO5S. The predicted octanol–water partition coefficient (Wildman–Crippen LogP) is 2.92. The van der Waals surface area contributed by atoms with Crippen LogP contribution in [-0.2, 0) is 23.8 Å². The maximum absolute atomic E-state index is 12.8. The van der Waals surface area contributed by atoms with Gasteiger partial charge in [0.1, 0.15) is 11.8 Å². The molecule has 6 nitrogen and oxygen atoms in total. The molecule has 0 amide bonds. The Hall–Kier alpha value is -2.07. The number of halogens is 3. The summed E-state index contributed by atoms with van der Waals surface area (Å²) in [5.74, 6) is -1.25. The van der Waals surface area contributed by atoms with E-state index in [-0.39, 0.29) is 12.2 Å². The van der Waals surface area contributed by atoms with Crippen LogP contribution in [0.3, 0.4) is 0 Å². The lowest BCUT2D eigenvalue weighted by molar-refractivity contribution is -0.147. The van der Waals surface area contributed by atoms with Crippen molar-refractivity contribution in [3.63, 3.8) is 0 Å². The van der Waals surface area contributed by atoms with Crippen LogP contribution in [0.2, 0.25) is 0 Å². The second-order valence-electron chi connectivity index (χ2n) is 5.82. The highest BCUT2D eigenvalue weighted by atomic mass is 32.2. The molecule has 1 aliphatic heterocycles. The number of likely N-dealkylation sites (tertiary alicyclic amines) is 1. The van der Waals surface area contributed by atoms with Gasteiger partial charge in [-0.3, -0.25) is 4.90 Å². The molecule has 1 aromatic rings. The van der Waals surface area contributed by atoms with E-state index in [1.54, 1.807) is 17.9 Å². The fourth-order valence-corrected chi connectivity index (χ4v) is 3.14. The van der Waals surface area contributed by atoms with Crippen molar-refractivity contribution in [1.29, 1.82) is 0 Å². The van der Waals surface area contributed by atoms with E-state index in [0.29, 0.717) is 13.1 Å². The lowest BCUT2D eigenvalue weighted by Gasteiger charge is -2.24. The summed E-state index contributed by atoms with van der Waals surface area (Å²) >= 11 is 0. The van der Waals surface area contributed by atoms with Crippen LogP contribution in [0.5, 0.6) is 0 Å². The van der Waals surface area contributed by atoms with Crippen molar-refractivity contribution in [2.45, 2.75) is 31.3 Å². The Balaban J connectivity index is 2.47. The van der Waals surface area contributed by atoms with Gasteiger partial charge in [0, 0.05) is 5.56 Å². The summed E-state index contributed by atoms with van der Waals surface area (Å²) in [6.07, 6.45) is 2.69. The summed E-state index contributed by atoms with van der Waals surface area (Å²) in [7, 11) is -5.89. The smallest absolute Gasteiger partial charge is 0.465 e. The number of carbonyl (C=O) groups is 1. The van der Waals surface area contributed by atoms with Gasteiger partial charge in [-0.25, -0.2) is 4.79 Å². The van der Waals surface area contributed by atoms with Gasteiger partial charge in [-0.15, -0.1) is 0 Å². The second kappa shape index (κ2) is 8.75. The number of hydrogen-bond acceptors (Lipinski definition) is 6. The maximum atomic E-state index is 12.8. The van der Waals surface area contributed by atoms with Crippen molar-refractivity contribution in [2.75, 3.05) is 19.7 Å². The molecule has 1 fully saturated rings. The minimum Gasteiger partial charge on any atom is -0.465 e. The molecule has 1 saturated heterocycles. The molecule has 1 heterocycles. The van der Waals surface area contributed by atoms with Crippen molar-refractivity contribution in [3.05, 3.63) is 42.0 Å². The second-order valence-corrected chi connectivity index (χ2v) is 7.36. The molecule has 0 spiro atoms. The minimum atomic E-state index is -5.89. The number of benzene rings is 1. The number of nitrogens with zero attached hydrogens (tertiary/aromatic N) is 1. The van der Waals surface area contributed by atoms with Gasteiger partial charge in [0.2, 0.25) is 0 Å². The number of rotatable bonds is 7. The van der Waals surface area contributed by atoms with Crippen LogP contribution in [-0.4, -0.2) is 50.5 Å². The first-order chi connectivity index (χ1) is 12.7. The third kappa shape index (κ3) is 5.46. The molecular weight excluding hydrogens is 387 g/mol. The minimum absolute atomic E-state index is 0.0827. The third-order valence-electron chi connectivity index (χ3n) is 3.91. The molecule has 10 heteroatoms. The van der Waals surface area contributed by atoms with Gasteiger partial charge < -0.3 is 8.92 Å². The maximum Gasteiger partial charge on any atom is 0.534 e. The van der Waals surface area contributed by atoms with E-state index in [9.17, 15) is 26.4 Å². The van der Waals surface area contributed by atoms with Crippen LogP contribution in [0.15, 0.2) is 36.4 Å². The quantitative estimate of drug-likeness (QED) is 0.300. The largest absolute Gasteiger partial charge is 0.534 e. The van der Waals surface area contributed by atoms with Crippen molar-refractivity contribution >= 4 is 21.8 Å². The Morgan fingerprint density at radius 2 is 1.81 bits per heavy atom. The summed E-state index contributed by atoms with van der Waals surface area (Å²) in [4.78, 5) is 14.0. The van der Waals surface area contributed by atoms with Gasteiger partial charge in [0.05, 0.1) is 6.61 Å². The summed E-state index contributed by atoms with van der Waals surface area (Å²) in [6, 6.07) is 6.38. The number of hydrogen-bond donors (Lipinski definition) is 0. The highest BCUT2D eigenvalue weighted by Crippen LogP contribution is 2.30. The molecule has 0 bridgehead atoms. The first-order valence-corrected chi connectivity index (χ1v) is 9.75. The monoisotopic (exact) mass is 407 g/mol. The zero-order chi connectivity index (χ0) is 20.1. The van der Waals surface area contributed by atoms with Crippen molar-refractivity contribution in [3.8, 4) is 0 Å². The molecule has 150 valence electrons. The summed E-state index contributed by atoms with van der Waals surface area (Å²) in [5.41, 5.74) is -5.49. The van der Waals surface area contributed by atoms with Gasteiger partial charge in [-0.05, 0) is 38.9 Å². The fraction of sp³-hybridized carbons (Fsp3) is 0.471. The molecule has 1 aromatic carbocycles. The van der Waals surface area contributed by atoms with Crippen LogP contribution in [0.1, 0.15) is 25.3 Å². The van der Waals surface area contributed by atoms with Crippen molar-refractivity contribution in [1.82, 2.24) is 4.90 Å². The topological polar surface area (TPSA) is 72.9 Å². The summed E-state index contributed by atoms with van der Waals surface area (Å²) < 4.78 is 70.8. The first-order valence-electron chi connectivity index (χ1n) is 8.34. The van der Waals surface area contributed by atoms with Crippen LogP contribution in [0.4, 0.5) is 13.2 Å². The zero-order valence-electron chi connectivity index (χ0n) is 14.6. The zero-order valence-corrected chi connectivity index (χ0v) is 15.4. The third-order valence-corrected chi connectivity index (χ3v) is 4.88. The van der Waals surface area contributed by atoms with E-state index in [2.05, 4.69) is 4.18 Å². The van der Waals surface area contributed by atoms with E-state index < -0.39 is 33.4 Å². The van der Waals surface area contributed by atoms with Gasteiger partial charge >= 0.3 is 21.6 Å². The lowest BCUT2D eigenvalue weighted by Crippen LogP contribution is -2.39. The van der Waals surface area contributed by atoms with Gasteiger partial charge in [-0.1, -0.05) is 30.3 Å². The Bertz CT molecular complexity index is 772. The molecule has 1 aliphatic rings. The summed E-state index contributed by atoms with van der Waals surface area (Å²) in [5, 5.41) is 0. The standard InChI is InChI=1S/C17H20F3NO5S/c1-2-25-16(22)14(21-10-6-7-11-21)12-15(13-8-4-3-5-9-13)26-27(23,24)17(18,19)20/h3-5,8-9,12,14H,2,6-7,10-11H2,1H3/b15-12-. The molecule has 1 unspecified atom stereocenters. The van der Waals surface area contributed by atoms with Crippen LogP contribution < -0.4 is 0 Å². The molecule has 0 aromatic heterocycles. The molecule has 2 rings (SSSR count). The summed E-state index contributed by atoms with van der Waals surface area (Å²) in [6.45, 7) is 2.76. The number of carbonyl (C=O) groups excluding carboxylic acids is 1. The van der Waals surface area contributed by atoms with Crippen LogP contribution in [0, 0.1) is 0 Å². The molecule has 0 saturated carbocycles. The highest BCUT2D eigenvalue weighted by molar-refractivity contribution is 7.87. The number of esters is 1. The average Bonchev–Trinajstić information content (AvgIpc) is 3.12. The van der Waals surface area contributed by atoms with E-state index in [4.69, 9.17) is 4.74 Å². The van der Waals surface area contributed by atoms with Crippen LogP contribution in [0.25, 0.3) is 5.76 Å². The van der Waals surface area contributed by atoms with E-state index in [1.807, 2.05) is 0 Å². The average molecular weight is 407 g/mol. The Labute approximate surface area is 155 Å². The molecule has 27 heavy (non-hydrogen) atoms. The van der Waals surface area contributed by atoms with Crippen LogP contribution >= 0.6 is 0 Å². The number of ether oxygens (including phenoxy) is 1. The van der Waals surface area contributed by atoms with Gasteiger partial charge in [0.25, 0.3) is 0 Å². The molecule has 1 atom stereocenters.